The molecule has 12 heavy (non-hydrogen) atoms. The highest BCUT2D eigenvalue weighted by Crippen LogP contribution is 2.04. The van der Waals surface area contributed by atoms with Crippen molar-refractivity contribution in [2.24, 2.45) is 0 Å². The molecule has 0 aliphatic heterocycles. The van der Waals surface area contributed by atoms with Crippen LogP contribution in [0, 0.1) is 0 Å². The van der Waals surface area contributed by atoms with Crippen LogP contribution in [0.15, 0.2) is 18.2 Å². The highest BCUT2D eigenvalue weighted by molar-refractivity contribution is 5.41. The summed E-state index contributed by atoms with van der Waals surface area (Å²) in [4.78, 5) is 4.06. The number of pyridine rings is 1. The Morgan fingerprint density at radius 1 is 1.58 bits per heavy atom. The molecule has 3 N–H and O–H groups in total. The Hall–Kier alpha value is -1.29. The third kappa shape index (κ3) is 2.75. The van der Waals surface area contributed by atoms with Gasteiger partial charge in [-0.1, -0.05) is 6.07 Å². The van der Waals surface area contributed by atoms with E-state index < -0.39 is 0 Å². The second-order valence-electron chi connectivity index (χ2n) is 2.37. The minimum Gasteiger partial charge on any atom is -0.384 e. The van der Waals surface area contributed by atoms with E-state index in [1.807, 2.05) is 12.1 Å². The lowest BCUT2D eigenvalue weighted by Crippen LogP contribution is -2.09. The van der Waals surface area contributed by atoms with E-state index >= 15 is 0 Å². The van der Waals surface area contributed by atoms with Crippen molar-refractivity contribution < 1.29 is 4.74 Å². The number of nitrogens with zero attached hydrogens (tertiary/aromatic N) is 1. The summed E-state index contributed by atoms with van der Waals surface area (Å²) in [5, 5.41) is 3.07. The first-order chi connectivity index (χ1) is 5.83. The van der Waals surface area contributed by atoms with Gasteiger partial charge in [-0.2, -0.15) is 0 Å². The second-order valence-corrected chi connectivity index (χ2v) is 2.37. The van der Waals surface area contributed by atoms with Gasteiger partial charge in [0.05, 0.1) is 6.61 Å². The first-order valence-corrected chi connectivity index (χ1v) is 3.78. The minimum absolute atomic E-state index is 0.525. The monoisotopic (exact) mass is 167 g/mol. The van der Waals surface area contributed by atoms with Crippen LogP contribution in [0.4, 0.5) is 11.6 Å². The number of hydrogen-bond donors (Lipinski definition) is 2. The van der Waals surface area contributed by atoms with E-state index in [2.05, 4.69) is 10.3 Å². The van der Waals surface area contributed by atoms with Crippen molar-refractivity contribution >= 4 is 11.6 Å². The maximum atomic E-state index is 5.48. The third-order valence-electron chi connectivity index (χ3n) is 1.38. The molecule has 0 saturated carbocycles. The molecule has 0 atom stereocenters. The average Bonchev–Trinajstić information content (AvgIpc) is 2.05. The predicted molar refractivity (Wildman–Crippen MR) is 49.0 cm³/mol. The maximum Gasteiger partial charge on any atom is 0.128 e. The first kappa shape index (κ1) is 8.80. The van der Waals surface area contributed by atoms with Crippen LogP contribution < -0.4 is 11.1 Å². The quantitative estimate of drug-likeness (QED) is 0.649. The second kappa shape index (κ2) is 4.56. The number of ether oxygens (including phenoxy) is 1. The molecule has 0 amide bonds. The Labute approximate surface area is 71.7 Å². The van der Waals surface area contributed by atoms with Crippen molar-refractivity contribution in [2.75, 3.05) is 31.3 Å². The number of anilines is 2. The molecule has 0 spiro atoms. The van der Waals surface area contributed by atoms with Crippen LogP contribution in [-0.2, 0) is 4.74 Å². The molecule has 0 saturated heterocycles. The van der Waals surface area contributed by atoms with Gasteiger partial charge in [-0.05, 0) is 12.1 Å². The van der Waals surface area contributed by atoms with Crippen molar-refractivity contribution in [3.8, 4) is 0 Å². The summed E-state index contributed by atoms with van der Waals surface area (Å²) in [6.45, 7) is 1.41. The fraction of sp³-hybridized carbons (Fsp3) is 0.375. The molecule has 0 fully saturated rings. The smallest absolute Gasteiger partial charge is 0.128 e. The van der Waals surface area contributed by atoms with E-state index in [1.165, 1.54) is 0 Å². The molecule has 0 bridgehead atoms. The summed E-state index contributed by atoms with van der Waals surface area (Å²) in [5.41, 5.74) is 5.48. The van der Waals surface area contributed by atoms with Crippen LogP contribution in [0.2, 0.25) is 0 Å². The average molecular weight is 167 g/mol. The lowest BCUT2D eigenvalue weighted by molar-refractivity contribution is 0.210. The number of nitrogens with two attached hydrogens (primary N) is 1. The van der Waals surface area contributed by atoms with Gasteiger partial charge in [-0.15, -0.1) is 0 Å². The molecule has 1 heterocycles. The Morgan fingerprint density at radius 2 is 2.42 bits per heavy atom. The molecule has 0 unspecified atom stereocenters. The number of hydrogen-bond acceptors (Lipinski definition) is 4. The summed E-state index contributed by atoms with van der Waals surface area (Å²) in [6, 6.07) is 5.48. The summed E-state index contributed by atoms with van der Waals surface area (Å²) in [5.74, 6) is 1.31. The van der Waals surface area contributed by atoms with Crippen molar-refractivity contribution in [1.82, 2.24) is 4.98 Å². The molecule has 0 aromatic carbocycles. The zero-order valence-corrected chi connectivity index (χ0v) is 7.08. The van der Waals surface area contributed by atoms with Crippen LogP contribution >= 0.6 is 0 Å². The normalized spacial score (nSPS) is 9.75. The summed E-state index contributed by atoms with van der Waals surface area (Å²) < 4.78 is 4.87. The zero-order valence-electron chi connectivity index (χ0n) is 7.08. The van der Waals surface area contributed by atoms with Gasteiger partial charge < -0.3 is 15.8 Å². The lowest BCUT2D eigenvalue weighted by atomic mass is 10.4. The summed E-state index contributed by atoms with van der Waals surface area (Å²) in [6.07, 6.45) is 0. The number of nitrogen functional groups attached to an aromatic ring is 1. The molecule has 0 aliphatic carbocycles. The molecule has 0 radical (unpaired) electrons. The zero-order chi connectivity index (χ0) is 8.81. The van der Waals surface area contributed by atoms with Crippen molar-refractivity contribution in [2.45, 2.75) is 0 Å². The Morgan fingerprint density at radius 3 is 3.08 bits per heavy atom. The first-order valence-electron chi connectivity index (χ1n) is 3.78. The van der Waals surface area contributed by atoms with Gasteiger partial charge >= 0.3 is 0 Å². The van der Waals surface area contributed by atoms with Crippen molar-refractivity contribution in [3.63, 3.8) is 0 Å². The number of aromatic nitrogens is 1. The van der Waals surface area contributed by atoms with Gasteiger partial charge in [0.25, 0.3) is 0 Å². The van der Waals surface area contributed by atoms with Gasteiger partial charge in [-0.3, -0.25) is 0 Å². The highest BCUT2D eigenvalue weighted by atomic mass is 16.5. The fourth-order valence-corrected chi connectivity index (χ4v) is 0.831. The van der Waals surface area contributed by atoms with E-state index in [4.69, 9.17) is 10.5 Å². The molecule has 0 aliphatic rings. The van der Waals surface area contributed by atoms with E-state index in [0.717, 1.165) is 12.4 Å². The topological polar surface area (TPSA) is 60.2 Å². The van der Waals surface area contributed by atoms with Crippen LogP contribution in [-0.4, -0.2) is 25.2 Å². The maximum absolute atomic E-state index is 5.48. The van der Waals surface area contributed by atoms with E-state index in [0.29, 0.717) is 12.4 Å². The number of rotatable bonds is 4. The number of nitrogens with one attached hydrogen (secondary N) is 1. The molecule has 4 heteroatoms. The van der Waals surface area contributed by atoms with E-state index in [-0.39, 0.29) is 0 Å². The van der Waals surface area contributed by atoms with Gasteiger partial charge in [0.2, 0.25) is 0 Å². The van der Waals surface area contributed by atoms with Gasteiger partial charge in [0.1, 0.15) is 11.6 Å². The van der Waals surface area contributed by atoms with Crippen molar-refractivity contribution in [3.05, 3.63) is 18.2 Å². The molecule has 66 valence electrons. The van der Waals surface area contributed by atoms with Crippen LogP contribution in [0.3, 0.4) is 0 Å². The summed E-state index contributed by atoms with van der Waals surface area (Å²) in [7, 11) is 1.66. The Bertz CT molecular complexity index is 239. The standard InChI is InChI=1S/C8H13N3O/c1-12-6-5-10-8-4-2-3-7(9)11-8/h2-4H,5-6H2,1H3,(H3,9,10,11). The Kier molecular flexibility index (Phi) is 3.35. The molecular weight excluding hydrogens is 154 g/mol. The molecular formula is C8H13N3O. The highest BCUT2D eigenvalue weighted by Gasteiger charge is 1.91. The molecule has 1 rings (SSSR count). The molecule has 4 nitrogen and oxygen atoms in total. The van der Waals surface area contributed by atoms with E-state index in [9.17, 15) is 0 Å². The van der Waals surface area contributed by atoms with E-state index in [1.54, 1.807) is 13.2 Å². The van der Waals surface area contributed by atoms with Gasteiger partial charge in [0, 0.05) is 13.7 Å². The van der Waals surface area contributed by atoms with Crippen LogP contribution in [0.25, 0.3) is 0 Å². The SMILES string of the molecule is COCCNc1cccc(N)n1. The fourth-order valence-electron chi connectivity index (χ4n) is 0.831. The predicted octanol–water partition coefficient (Wildman–Crippen LogP) is 0.722. The van der Waals surface area contributed by atoms with Gasteiger partial charge in [0.15, 0.2) is 0 Å². The summed E-state index contributed by atoms with van der Waals surface area (Å²) >= 11 is 0. The van der Waals surface area contributed by atoms with Gasteiger partial charge in [-0.25, -0.2) is 4.98 Å². The molecule has 1 aromatic heterocycles. The third-order valence-corrected chi connectivity index (χ3v) is 1.38. The van der Waals surface area contributed by atoms with Crippen molar-refractivity contribution in [1.29, 1.82) is 0 Å². The largest absolute Gasteiger partial charge is 0.384 e. The number of methoxy groups -OCH3 is 1. The Balaban J connectivity index is 2.41. The lowest BCUT2D eigenvalue weighted by Gasteiger charge is -2.04. The minimum atomic E-state index is 0.525. The molecule has 1 aromatic rings. The van der Waals surface area contributed by atoms with Crippen LogP contribution in [0.5, 0.6) is 0 Å². The van der Waals surface area contributed by atoms with Crippen LogP contribution in [0.1, 0.15) is 0 Å².